The molecule has 0 amide bonds. The number of nitro groups is 3. The normalized spacial score (nSPS) is 11.4. The lowest BCUT2D eigenvalue weighted by molar-refractivity contribution is -0.385. The van der Waals surface area contributed by atoms with Crippen molar-refractivity contribution in [1.29, 1.82) is 0 Å². The first-order valence-corrected chi connectivity index (χ1v) is 17.7. The van der Waals surface area contributed by atoms with Gasteiger partial charge in [-0.05, 0) is 77.7 Å². The van der Waals surface area contributed by atoms with Crippen LogP contribution < -0.4 is 0 Å². The van der Waals surface area contributed by atoms with E-state index in [0.29, 0.717) is 23.1 Å². The number of unbranched alkanes of at least 4 members (excludes halogenated alkanes) is 4. The topological polar surface area (TPSA) is 235 Å². The Balaban J connectivity index is 1.83. The van der Waals surface area contributed by atoms with Crippen LogP contribution in [0, 0.1) is 35.8 Å². The SMILES string of the molecule is CCCCCCCC(=O)OCC(COC(=O)/C=C/c1ccc([N+](=O)[O-])cc1)(COC(=O)/C=C/c1ccc([N+](=O)[O-])cc1)COC(=O)/C=C/c1ccc([N+](=O)[O-])cc1. The van der Waals surface area contributed by atoms with E-state index in [1.807, 2.05) is 0 Å². The molecule has 0 bridgehead atoms. The van der Waals surface area contributed by atoms with E-state index in [2.05, 4.69) is 6.92 Å². The number of nitro benzene ring substituents is 3. The molecular formula is C40H41N3O14. The van der Waals surface area contributed by atoms with E-state index >= 15 is 0 Å². The zero-order valence-electron chi connectivity index (χ0n) is 31.0. The second-order valence-corrected chi connectivity index (χ2v) is 12.7. The average molecular weight is 788 g/mol. The minimum Gasteiger partial charge on any atom is -0.465 e. The fourth-order valence-electron chi connectivity index (χ4n) is 4.86. The highest BCUT2D eigenvalue weighted by molar-refractivity contribution is 5.88. The molecule has 17 heteroatoms. The zero-order valence-corrected chi connectivity index (χ0v) is 31.0. The van der Waals surface area contributed by atoms with Gasteiger partial charge in [-0.3, -0.25) is 35.1 Å². The summed E-state index contributed by atoms with van der Waals surface area (Å²) in [6.45, 7) is -0.210. The number of hydrogen-bond acceptors (Lipinski definition) is 14. The zero-order chi connectivity index (χ0) is 41.6. The number of carbonyl (C=O) groups excluding carboxylic acids is 4. The minimum absolute atomic E-state index is 0.0765. The molecule has 3 aromatic carbocycles. The molecule has 17 nitrogen and oxygen atoms in total. The lowest BCUT2D eigenvalue weighted by Crippen LogP contribution is -2.43. The Bertz CT molecular complexity index is 1750. The van der Waals surface area contributed by atoms with E-state index in [4.69, 9.17) is 18.9 Å². The Morgan fingerprint density at radius 1 is 0.509 bits per heavy atom. The van der Waals surface area contributed by atoms with Crippen LogP contribution in [-0.4, -0.2) is 65.1 Å². The number of non-ortho nitro benzene ring substituents is 3. The molecule has 0 aliphatic carbocycles. The van der Waals surface area contributed by atoms with E-state index in [1.54, 1.807) is 0 Å². The molecule has 57 heavy (non-hydrogen) atoms. The van der Waals surface area contributed by atoms with Gasteiger partial charge >= 0.3 is 23.9 Å². The van der Waals surface area contributed by atoms with Crippen molar-refractivity contribution in [2.45, 2.75) is 45.4 Å². The maximum Gasteiger partial charge on any atom is 0.330 e. The molecule has 0 aromatic heterocycles. The summed E-state index contributed by atoms with van der Waals surface area (Å²) >= 11 is 0. The molecule has 0 radical (unpaired) electrons. The summed E-state index contributed by atoms with van der Waals surface area (Å²) < 4.78 is 22.0. The Kier molecular flexibility index (Phi) is 17.9. The average Bonchev–Trinajstić information content (AvgIpc) is 3.21. The lowest BCUT2D eigenvalue weighted by Gasteiger charge is -2.31. The summed E-state index contributed by atoms with van der Waals surface area (Å²) in [6.07, 6.45) is 11.6. The van der Waals surface area contributed by atoms with Gasteiger partial charge in [0, 0.05) is 61.0 Å². The molecule has 0 aliphatic rings. The van der Waals surface area contributed by atoms with E-state index < -0.39 is 70.5 Å². The fourth-order valence-corrected chi connectivity index (χ4v) is 4.86. The van der Waals surface area contributed by atoms with Crippen LogP contribution in [0.3, 0.4) is 0 Å². The molecule has 0 saturated heterocycles. The highest BCUT2D eigenvalue weighted by atomic mass is 16.6. The summed E-state index contributed by atoms with van der Waals surface area (Å²) in [5.41, 5.74) is -0.752. The standard InChI is InChI=1S/C40H41N3O14/c1-2-3-4-5-6-7-36(44)54-26-40(27-55-37(45)23-14-30-8-17-33(18-9-30)41(48)49,28-56-38(46)24-15-31-10-19-34(20-11-31)42(50)51)29-57-39(47)25-16-32-12-21-35(22-13-32)43(52)53/h8-25H,2-7,26-29H2,1H3/b23-14+,24-15+,25-16+. The summed E-state index contributed by atoms with van der Waals surface area (Å²) in [6, 6.07) is 16.0. The van der Waals surface area contributed by atoms with Gasteiger partial charge in [-0.15, -0.1) is 0 Å². The quantitative estimate of drug-likeness (QED) is 0.0228. The van der Waals surface area contributed by atoms with Crippen LogP contribution in [0.2, 0.25) is 0 Å². The van der Waals surface area contributed by atoms with Crippen molar-refractivity contribution in [3.63, 3.8) is 0 Å². The molecule has 0 spiro atoms. The van der Waals surface area contributed by atoms with Crippen molar-refractivity contribution < 1.29 is 52.9 Å². The van der Waals surface area contributed by atoms with Gasteiger partial charge in [0.15, 0.2) is 0 Å². The first kappa shape index (κ1) is 44.4. The predicted octanol–water partition coefficient (Wildman–Crippen LogP) is 7.37. The third kappa shape index (κ3) is 16.5. The Labute approximate surface area is 327 Å². The van der Waals surface area contributed by atoms with Crippen molar-refractivity contribution in [3.05, 3.63) is 138 Å². The number of nitrogens with zero attached hydrogens (tertiary/aromatic N) is 3. The van der Waals surface area contributed by atoms with Gasteiger partial charge in [-0.2, -0.15) is 0 Å². The highest BCUT2D eigenvalue weighted by Gasteiger charge is 2.37. The molecule has 0 fully saturated rings. The second-order valence-electron chi connectivity index (χ2n) is 12.7. The molecule has 0 saturated carbocycles. The number of benzene rings is 3. The molecule has 0 heterocycles. The summed E-state index contributed by atoms with van der Waals surface area (Å²) in [7, 11) is 0. The van der Waals surface area contributed by atoms with E-state index in [9.17, 15) is 49.5 Å². The molecule has 0 atom stereocenters. The van der Waals surface area contributed by atoms with Crippen LogP contribution in [0.15, 0.2) is 91.0 Å². The van der Waals surface area contributed by atoms with Crippen molar-refractivity contribution in [1.82, 2.24) is 0 Å². The van der Waals surface area contributed by atoms with Gasteiger partial charge in [0.1, 0.15) is 31.8 Å². The van der Waals surface area contributed by atoms with Gasteiger partial charge in [-0.25, -0.2) is 14.4 Å². The summed E-state index contributed by atoms with van der Waals surface area (Å²) in [4.78, 5) is 82.7. The lowest BCUT2D eigenvalue weighted by atomic mass is 9.92. The smallest absolute Gasteiger partial charge is 0.330 e. The third-order valence-corrected chi connectivity index (χ3v) is 8.13. The Hall–Kier alpha value is -7.04. The van der Waals surface area contributed by atoms with Crippen molar-refractivity contribution >= 4 is 59.2 Å². The van der Waals surface area contributed by atoms with Crippen LogP contribution in [0.4, 0.5) is 17.1 Å². The maximum atomic E-state index is 12.9. The first-order chi connectivity index (χ1) is 27.3. The van der Waals surface area contributed by atoms with Crippen molar-refractivity contribution in [2.24, 2.45) is 5.41 Å². The number of carbonyl (C=O) groups is 4. The third-order valence-electron chi connectivity index (χ3n) is 8.13. The maximum absolute atomic E-state index is 12.9. The van der Waals surface area contributed by atoms with Gasteiger partial charge < -0.3 is 18.9 Å². The fraction of sp³-hybridized carbons (Fsp3) is 0.300. The van der Waals surface area contributed by atoms with E-state index in [-0.39, 0.29) is 23.5 Å². The molecular weight excluding hydrogens is 746 g/mol. The number of ether oxygens (including phenoxy) is 4. The van der Waals surface area contributed by atoms with Gasteiger partial charge in [0.2, 0.25) is 0 Å². The van der Waals surface area contributed by atoms with Crippen LogP contribution >= 0.6 is 0 Å². The minimum atomic E-state index is -1.64. The molecule has 0 unspecified atom stereocenters. The summed E-state index contributed by atoms with van der Waals surface area (Å²) in [5.74, 6) is -3.27. The Morgan fingerprint density at radius 2 is 0.825 bits per heavy atom. The molecule has 3 rings (SSSR count). The molecule has 0 N–H and O–H groups in total. The van der Waals surface area contributed by atoms with E-state index in [1.165, 1.54) is 91.0 Å². The number of rotatable bonds is 23. The summed E-state index contributed by atoms with van der Waals surface area (Å²) in [5, 5.41) is 32.9. The van der Waals surface area contributed by atoms with Crippen LogP contribution in [0.5, 0.6) is 0 Å². The van der Waals surface area contributed by atoms with Crippen molar-refractivity contribution in [2.75, 3.05) is 26.4 Å². The largest absolute Gasteiger partial charge is 0.465 e. The van der Waals surface area contributed by atoms with Crippen LogP contribution in [-0.2, 0) is 38.1 Å². The van der Waals surface area contributed by atoms with Gasteiger partial charge in [0.25, 0.3) is 17.1 Å². The molecule has 3 aromatic rings. The first-order valence-electron chi connectivity index (χ1n) is 17.7. The van der Waals surface area contributed by atoms with Gasteiger partial charge in [0.05, 0.1) is 14.8 Å². The van der Waals surface area contributed by atoms with Crippen LogP contribution in [0.1, 0.15) is 62.1 Å². The van der Waals surface area contributed by atoms with Crippen molar-refractivity contribution in [3.8, 4) is 0 Å². The van der Waals surface area contributed by atoms with E-state index in [0.717, 1.165) is 43.9 Å². The second kappa shape index (κ2) is 23.0. The van der Waals surface area contributed by atoms with Crippen LogP contribution in [0.25, 0.3) is 18.2 Å². The number of esters is 4. The molecule has 0 aliphatic heterocycles. The number of hydrogen-bond donors (Lipinski definition) is 0. The Morgan fingerprint density at radius 3 is 1.14 bits per heavy atom. The predicted molar refractivity (Wildman–Crippen MR) is 206 cm³/mol. The monoisotopic (exact) mass is 787 g/mol. The highest BCUT2D eigenvalue weighted by Crippen LogP contribution is 2.23. The van der Waals surface area contributed by atoms with Gasteiger partial charge in [-0.1, -0.05) is 32.6 Å². The molecule has 300 valence electrons.